The highest BCUT2D eigenvalue weighted by atomic mass is 16.5. The molecule has 158 valence electrons. The molecular weight excluding hydrogens is 380 g/mol. The average molecular weight is 408 g/mol. The van der Waals surface area contributed by atoms with Crippen LogP contribution >= 0.6 is 0 Å². The Balaban J connectivity index is 1.37. The van der Waals surface area contributed by atoms with Gasteiger partial charge in [-0.05, 0) is 43.0 Å². The molecule has 6 heteroatoms. The Hall–Kier alpha value is -2.86. The number of carbonyl (C=O) groups excluding carboxylic acids is 2. The van der Waals surface area contributed by atoms with E-state index in [0.29, 0.717) is 24.6 Å². The third kappa shape index (κ3) is 4.65. The molecule has 0 saturated carbocycles. The molecule has 6 nitrogen and oxygen atoms in total. The van der Waals surface area contributed by atoms with Crippen molar-refractivity contribution in [2.75, 3.05) is 30.0 Å². The van der Waals surface area contributed by atoms with Gasteiger partial charge >= 0.3 is 0 Å². The van der Waals surface area contributed by atoms with Crippen LogP contribution in [0.1, 0.15) is 31.7 Å². The number of benzene rings is 2. The van der Waals surface area contributed by atoms with Crippen LogP contribution in [0, 0.1) is 5.92 Å². The van der Waals surface area contributed by atoms with E-state index in [0.717, 1.165) is 37.1 Å². The highest BCUT2D eigenvalue weighted by Crippen LogP contribution is 2.29. The summed E-state index contributed by atoms with van der Waals surface area (Å²) in [5, 5.41) is 2.94. The van der Waals surface area contributed by atoms with Gasteiger partial charge in [-0.3, -0.25) is 9.59 Å². The predicted molar refractivity (Wildman–Crippen MR) is 116 cm³/mol. The molecule has 4 rings (SSSR count). The van der Waals surface area contributed by atoms with Crippen molar-refractivity contribution in [3.63, 3.8) is 0 Å². The lowest BCUT2D eigenvalue weighted by Crippen LogP contribution is -2.28. The highest BCUT2D eigenvalue weighted by molar-refractivity contribution is 6.03. The quantitative estimate of drug-likeness (QED) is 0.757. The monoisotopic (exact) mass is 408 g/mol. The molecule has 0 spiro atoms. The SMILES string of the molecule is CCc1ccccc1N1CC(C(=O)Nc2cccc(OCC3CCCO3)c2)CC1=O. The first-order valence-corrected chi connectivity index (χ1v) is 10.7. The normalized spacial score (nSPS) is 21.1. The number of hydrogen-bond donors (Lipinski definition) is 1. The second-order valence-electron chi connectivity index (χ2n) is 7.85. The molecule has 2 atom stereocenters. The van der Waals surface area contributed by atoms with Gasteiger partial charge in [0, 0.05) is 37.0 Å². The third-order valence-electron chi connectivity index (χ3n) is 5.72. The molecule has 2 fully saturated rings. The topological polar surface area (TPSA) is 67.9 Å². The first kappa shape index (κ1) is 20.4. The number of rotatable bonds is 7. The first-order chi connectivity index (χ1) is 14.6. The fraction of sp³-hybridized carbons (Fsp3) is 0.417. The van der Waals surface area contributed by atoms with Gasteiger partial charge in [0.25, 0.3) is 0 Å². The van der Waals surface area contributed by atoms with E-state index in [2.05, 4.69) is 12.2 Å². The number of nitrogens with one attached hydrogen (secondary N) is 1. The first-order valence-electron chi connectivity index (χ1n) is 10.7. The predicted octanol–water partition coefficient (Wildman–Crippen LogP) is 3.80. The fourth-order valence-electron chi connectivity index (χ4n) is 4.06. The Morgan fingerprint density at radius 3 is 2.90 bits per heavy atom. The summed E-state index contributed by atoms with van der Waals surface area (Å²) >= 11 is 0. The lowest BCUT2D eigenvalue weighted by molar-refractivity contribution is -0.122. The summed E-state index contributed by atoms with van der Waals surface area (Å²) in [6, 6.07) is 15.2. The molecule has 0 aliphatic carbocycles. The maximum atomic E-state index is 12.8. The minimum absolute atomic E-state index is 0.00954. The Morgan fingerprint density at radius 2 is 2.10 bits per heavy atom. The summed E-state index contributed by atoms with van der Waals surface area (Å²) in [6.45, 7) is 3.78. The van der Waals surface area contributed by atoms with Gasteiger partial charge in [0.15, 0.2) is 0 Å². The molecule has 2 saturated heterocycles. The molecule has 30 heavy (non-hydrogen) atoms. The molecule has 2 unspecified atom stereocenters. The van der Waals surface area contributed by atoms with Crippen LogP contribution in [0.3, 0.4) is 0 Å². The molecule has 2 amide bonds. The Labute approximate surface area is 177 Å². The summed E-state index contributed by atoms with van der Waals surface area (Å²) in [6.07, 6.45) is 3.30. The van der Waals surface area contributed by atoms with Crippen LogP contribution in [-0.4, -0.2) is 37.7 Å². The number of aryl methyl sites for hydroxylation is 1. The number of carbonyl (C=O) groups is 2. The number of hydrogen-bond acceptors (Lipinski definition) is 4. The van der Waals surface area contributed by atoms with E-state index < -0.39 is 0 Å². The number of amides is 2. The van der Waals surface area contributed by atoms with E-state index in [1.165, 1.54) is 0 Å². The van der Waals surface area contributed by atoms with Crippen molar-refractivity contribution in [3.05, 3.63) is 54.1 Å². The van der Waals surface area contributed by atoms with Gasteiger partial charge in [0.05, 0.1) is 12.0 Å². The number of nitrogens with zero attached hydrogens (tertiary/aromatic N) is 1. The molecule has 0 aromatic heterocycles. The molecule has 0 bridgehead atoms. The van der Waals surface area contributed by atoms with Crippen LogP contribution in [-0.2, 0) is 20.7 Å². The van der Waals surface area contributed by atoms with Crippen LogP contribution in [0.5, 0.6) is 5.75 Å². The largest absolute Gasteiger partial charge is 0.491 e. The molecule has 0 radical (unpaired) electrons. The van der Waals surface area contributed by atoms with Gasteiger partial charge in [-0.15, -0.1) is 0 Å². The lowest BCUT2D eigenvalue weighted by atomic mass is 10.1. The van der Waals surface area contributed by atoms with Crippen molar-refractivity contribution in [1.82, 2.24) is 0 Å². The van der Waals surface area contributed by atoms with E-state index in [-0.39, 0.29) is 30.3 Å². The summed E-state index contributed by atoms with van der Waals surface area (Å²) in [5.74, 6) is 0.170. The molecule has 2 aromatic rings. The standard InChI is InChI=1S/C24H28N2O4/c1-2-17-7-3-4-11-22(17)26-15-18(13-23(26)27)24(28)25-19-8-5-9-20(14-19)30-16-21-10-6-12-29-21/h3-5,7-9,11,14,18,21H,2,6,10,12-13,15-16H2,1H3,(H,25,28). The van der Waals surface area contributed by atoms with Crippen molar-refractivity contribution in [2.24, 2.45) is 5.92 Å². The summed E-state index contributed by atoms with van der Waals surface area (Å²) in [7, 11) is 0. The summed E-state index contributed by atoms with van der Waals surface area (Å²) < 4.78 is 11.4. The average Bonchev–Trinajstić information content (AvgIpc) is 3.42. The van der Waals surface area contributed by atoms with E-state index >= 15 is 0 Å². The molecule has 2 aromatic carbocycles. The fourth-order valence-corrected chi connectivity index (χ4v) is 4.06. The van der Waals surface area contributed by atoms with Crippen LogP contribution in [0.15, 0.2) is 48.5 Å². The van der Waals surface area contributed by atoms with Crippen molar-refractivity contribution < 1.29 is 19.1 Å². The second kappa shape index (κ2) is 9.30. The van der Waals surface area contributed by atoms with Crippen molar-refractivity contribution >= 4 is 23.2 Å². The van der Waals surface area contributed by atoms with Gasteiger partial charge in [0.2, 0.25) is 11.8 Å². The van der Waals surface area contributed by atoms with Crippen molar-refractivity contribution in [3.8, 4) is 5.75 Å². The van der Waals surface area contributed by atoms with Gasteiger partial charge in [-0.1, -0.05) is 31.2 Å². The maximum absolute atomic E-state index is 12.8. The molecule has 2 aliphatic heterocycles. The minimum atomic E-state index is -0.376. The minimum Gasteiger partial charge on any atom is -0.491 e. The van der Waals surface area contributed by atoms with Crippen LogP contribution in [0.2, 0.25) is 0 Å². The molecule has 2 heterocycles. The van der Waals surface area contributed by atoms with Gasteiger partial charge < -0.3 is 19.7 Å². The zero-order valence-electron chi connectivity index (χ0n) is 17.3. The maximum Gasteiger partial charge on any atom is 0.229 e. The highest BCUT2D eigenvalue weighted by Gasteiger charge is 2.35. The van der Waals surface area contributed by atoms with Gasteiger partial charge in [0.1, 0.15) is 12.4 Å². The van der Waals surface area contributed by atoms with Crippen LogP contribution in [0.4, 0.5) is 11.4 Å². The smallest absolute Gasteiger partial charge is 0.229 e. The van der Waals surface area contributed by atoms with E-state index in [1.54, 1.807) is 4.90 Å². The van der Waals surface area contributed by atoms with Crippen molar-refractivity contribution in [1.29, 1.82) is 0 Å². The van der Waals surface area contributed by atoms with Crippen LogP contribution < -0.4 is 15.0 Å². The lowest BCUT2D eigenvalue weighted by Gasteiger charge is -2.20. The Bertz CT molecular complexity index is 908. The summed E-state index contributed by atoms with van der Waals surface area (Å²) in [5.41, 5.74) is 2.69. The zero-order chi connectivity index (χ0) is 20.9. The van der Waals surface area contributed by atoms with Crippen LogP contribution in [0.25, 0.3) is 0 Å². The Morgan fingerprint density at radius 1 is 1.23 bits per heavy atom. The number of ether oxygens (including phenoxy) is 2. The Kier molecular flexibility index (Phi) is 6.33. The van der Waals surface area contributed by atoms with Gasteiger partial charge in [-0.25, -0.2) is 0 Å². The van der Waals surface area contributed by atoms with Crippen molar-refractivity contribution in [2.45, 2.75) is 38.7 Å². The molecule has 1 N–H and O–H groups in total. The van der Waals surface area contributed by atoms with E-state index in [4.69, 9.17) is 9.47 Å². The third-order valence-corrected chi connectivity index (χ3v) is 5.72. The zero-order valence-corrected chi connectivity index (χ0v) is 17.3. The molecule has 2 aliphatic rings. The summed E-state index contributed by atoms with van der Waals surface area (Å²) in [4.78, 5) is 27.1. The van der Waals surface area contributed by atoms with Gasteiger partial charge in [-0.2, -0.15) is 0 Å². The van der Waals surface area contributed by atoms with E-state index in [1.807, 2.05) is 48.5 Å². The molecular formula is C24H28N2O4. The second-order valence-corrected chi connectivity index (χ2v) is 7.85. The van der Waals surface area contributed by atoms with E-state index in [9.17, 15) is 9.59 Å². The number of anilines is 2. The number of para-hydroxylation sites is 1.